The van der Waals surface area contributed by atoms with Gasteiger partial charge in [0, 0.05) is 12.6 Å². The maximum absolute atomic E-state index is 14.0. The van der Waals surface area contributed by atoms with Crippen LogP contribution in [0.15, 0.2) is 42.5 Å². The van der Waals surface area contributed by atoms with Gasteiger partial charge in [-0.25, -0.2) is 4.39 Å². The first-order valence-corrected chi connectivity index (χ1v) is 10.2. The molecule has 3 rings (SSSR count). The third kappa shape index (κ3) is 4.77. The Morgan fingerprint density at radius 2 is 1.89 bits per heavy atom. The molecular formula is C19H20FNO5S. The smallest absolute Gasteiger partial charge is 0.306 e. The number of carbonyl (C=O) groups is 1. The minimum atomic E-state index is -3.73. The van der Waals surface area contributed by atoms with Gasteiger partial charge in [-0.2, -0.15) is 8.42 Å². The molecule has 27 heavy (non-hydrogen) atoms. The fourth-order valence-corrected chi connectivity index (χ4v) is 3.24. The van der Waals surface area contributed by atoms with Gasteiger partial charge >= 0.3 is 10.1 Å². The number of methoxy groups -OCH3 is 1. The second-order valence-electron chi connectivity index (χ2n) is 6.42. The van der Waals surface area contributed by atoms with Gasteiger partial charge in [0.1, 0.15) is 5.82 Å². The van der Waals surface area contributed by atoms with Gasteiger partial charge in [0.05, 0.1) is 18.9 Å². The Hall–Kier alpha value is -2.61. The van der Waals surface area contributed by atoms with Crippen LogP contribution in [0.3, 0.4) is 0 Å². The molecule has 6 nitrogen and oxygen atoms in total. The van der Waals surface area contributed by atoms with Crippen molar-refractivity contribution in [3.05, 3.63) is 59.4 Å². The Morgan fingerprint density at radius 3 is 2.48 bits per heavy atom. The van der Waals surface area contributed by atoms with Crippen molar-refractivity contribution in [3.63, 3.8) is 0 Å². The first kappa shape index (κ1) is 19.2. The van der Waals surface area contributed by atoms with Crippen LogP contribution in [0.25, 0.3) is 0 Å². The Balaban J connectivity index is 1.88. The van der Waals surface area contributed by atoms with E-state index in [0.29, 0.717) is 5.56 Å². The molecule has 1 fully saturated rings. The number of rotatable bonds is 7. The van der Waals surface area contributed by atoms with Gasteiger partial charge < -0.3 is 13.8 Å². The molecule has 0 unspecified atom stereocenters. The van der Waals surface area contributed by atoms with Crippen molar-refractivity contribution in [1.29, 1.82) is 0 Å². The van der Waals surface area contributed by atoms with Crippen molar-refractivity contribution in [2.75, 3.05) is 13.4 Å². The standard InChI is InChI=1S/C19H20FNO5S/c1-25-17-10-7-13(11-18(17)26-27(2,23)24)12-21(14-8-9-14)19(22)15-5-3-4-6-16(15)20/h3-7,10-11,14H,8-9,12H2,1-2H3. The van der Waals surface area contributed by atoms with Crippen LogP contribution in [0.5, 0.6) is 11.5 Å². The second-order valence-corrected chi connectivity index (χ2v) is 7.99. The molecule has 0 atom stereocenters. The third-order valence-corrected chi connectivity index (χ3v) is 4.66. The Kier molecular flexibility index (Phi) is 5.36. The lowest BCUT2D eigenvalue weighted by Gasteiger charge is -2.23. The molecule has 1 amide bonds. The average molecular weight is 393 g/mol. The van der Waals surface area contributed by atoms with E-state index in [1.54, 1.807) is 23.1 Å². The van der Waals surface area contributed by atoms with Gasteiger partial charge in [0.2, 0.25) is 0 Å². The molecule has 0 saturated heterocycles. The molecule has 0 aliphatic heterocycles. The number of carbonyl (C=O) groups excluding carboxylic acids is 1. The van der Waals surface area contributed by atoms with Crippen molar-refractivity contribution < 1.29 is 26.5 Å². The van der Waals surface area contributed by atoms with Crippen molar-refractivity contribution in [2.24, 2.45) is 0 Å². The molecule has 2 aromatic rings. The molecule has 0 radical (unpaired) electrons. The lowest BCUT2D eigenvalue weighted by molar-refractivity contribution is 0.0725. The highest BCUT2D eigenvalue weighted by atomic mass is 32.2. The zero-order valence-electron chi connectivity index (χ0n) is 15.0. The summed E-state index contributed by atoms with van der Waals surface area (Å²) in [5.41, 5.74) is 0.677. The molecule has 1 aliphatic rings. The van der Waals surface area contributed by atoms with Crippen LogP contribution in [0.2, 0.25) is 0 Å². The average Bonchev–Trinajstić information content (AvgIpc) is 3.43. The van der Waals surface area contributed by atoms with E-state index in [0.717, 1.165) is 19.1 Å². The molecule has 2 aromatic carbocycles. The molecule has 0 spiro atoms. The summed E-state index contributed by atoms with van der Waals surface area (Å²) in [5.74, 6) is -0.643. The Labute approximate surface area is 157 Å². The molecule has 0 bridgehead atoms. The van der Waals surface area contributed by atoms with Crippen LogP contribution in [-0.2, 0) is 16.7 Å². The molecular weight excluding hydrogens is 373 g/mol. The number of hydrogen-bond donors (Lipinski definition) is 0. The van der Waals surface area contributed by atoms with E-state index < -0.39 is 21.8 Å². The first-order valence-electron chi connectivity index (χ1n) is 8.40. The maximum Gasteiger partial charge on any atom is 0.306 e. The van der Waals surface area contributed by atoms with Gasteiger partial charge in [-0.3, -0.25) is 4.79 Å². The highest BCUT2D eigenvalue weighted by Gasteiger charge is 2.34. The zero-order valence-corrected chi connectivity index (χ0v) is 15.8. The fourth-order valence-electron chi connectivity index (χ4n) is 2.79. The van der Waals surface area contributed by atoms with Crippen LogP contribution in [-0.4, -0.2) is 38.6 Å². The summed E-state index contributed by atoms with van der Waals surface area (Å²) in [6, 6.07) is 10.7. The molecule has 0 aromatic heterocycles. The predicted molar refractivity (Wildman–Crippen MR) is 97.8 cm³/mol. The number of benzene rings is 2. The minimum absolute atomic E-state index is 0.0190. The van der Waals surface area contributed by atoms with Crippen LogP contribution < -0.4 is 8.92 Å². The summed E-state index contributed by atoms with van der Waals surface area (Å²) < 4.78 is 47.0. The number of ether oxygens (including phenoxy) is 1. The zero-order chi connectivity index (χ0) is 19.6. The summed E-state index contributed by atoms with van der Waals surface area (Å²) in [5, 5.41) is 0. The fraction of sp³-hybridized carbons (Fsp3) is 0.316. The summed E-state index contributed by atoms with van der Waals surface area (Å²) in [4.78, 5) is 14.4. The van der Waals surface area contributed by atoms with Crippen LogP contribution >= 0.6 is 0 Å². The van der Waals surface area contributed by atoms with Crippen molar-refractivity contribution >= 4 is 16.0 Å². The predicted octanol–water partition coefficient (Wildman–Crippen LogP) is 2.98. The SMILES string of the molecule is COc1ccc(CN(C(=O)c2ccccc2F)C2CC2)cc1OS(C)(=O)=O. The van der Waals surface area contributed by atoms with Crippen LogP contribution in [0.4, 0.5) is 4.39 Å². The largest absolute Gasteiger partial charge is 0.493 e. The number of hydrogen-bond acceptors (Lipinski definition) is 5. The first-order chi connectivity index (χ1) is 12.8. The van der Waals surface area contributed by atoms with Crippen LogP contribution in [0.1, 0.15) is 28.8 Å². The van der Waals surface area contributed by atoms with Gasteiger partial charge in [-0.15, -0.1) is 0 Å². The lowest BCUT2D eigenvalue weighted by atomic mass is 10.1. The summed E-state index contributed by atoms with van der Waals surface area (Å²) >= 11 is 0. The van der Waals surface area contributed by atoms with E-state index in [-0.39, 0.29) is 29.6 Å². The molecule has 0 heterocycles. The van der Waals surface area contributed by atoms with E-state index in [1.807, 2.05) is 0 Å². The van der Waals surface area contributed by atoms with E-state index in [4.69, 9.17) is 8.92 Å². The summed E-state index contributed by atoms with van der Waals surface area (Å²) in [7, 11) is -2.33. The van der Waals surface area contributed by atoms with Gasteiger partial charge in [0.25, 0.3) is 5.91 Å². The van der Waals surface area contributed by atoms with E-state index in [2.05, 4.69) is 0 Å². The summed E-state index contributed by atoms with van der Waals surface area (Å²) in [6.07, 6.45) is 2.64. The van der Waals surface area contributed by atoms with Crippen molar-refractivity contribution in [3.8, 4) is 11.5 Å². The van der Waals surface area contributed by atoms with Gasteiger partial charge in [-0.05, 0) is 42.7 Å². The quantitative estimate of drug-likeness (QED) is 0.676. The summed E-state index contributed by atoms with van der Waals surface area (Å²) in [6.45, 7) is 0.210. The third-order valence-electron chi connectivity index (χ3n) is 4.17. The molecule has 144 valence electrons. The molecule has 0 N–H and O–H groups in total. The van der Waals surface area contributed by atoms with E-state index in [9.17, 15) is 17.6 Å². The monoisotopic (exact) mass is 393 g/mol. The number of halogens is 1. The van der Waals surface area contributed by atoms with Crippen molar-refractivity contribution in [2.45, 2.75) is 25.4 Å². The van der Waals surface area contributed by atoms with E-state index >= 15 is 0 Å². The van der Waals surface area contributed by atoms with Crippen LogP contribution in [0, 0.1) is 5.82 Å². The van der Waals surface area contributed by atoms with Crippen molar-refractivity contribution in [1.82, 2.24) is 4.90 Å². The van der Waals surface area contributed by atoms with Gasteiger partial charge in [-0.1, -0.05) is 18.2 Å². The van der Waals surface area contributed by atoms with Gasteiger partial charge in [0.15, 0.2) is 11.5 Å². The second kappa shape index (κ2) is 7.56. The highest BCUT2D eigenvalue weighted by molar-refractivity contribution is 7.86. The number of nitrogens with zero attached hydrogens (tertiary/aromatic N) is 1. The normalized spacial score (nSPS) is 13.9. The molecule has 1 aliphatic carbocycles. The molecule has 8 heteroatoms. The topological polar surface area (TPSA) is 72.9 Å². The minimum Gasteiger partial charge on any atom is -0.493 e. The number of amides is 1. The molecule has 1 saturated carbocycles. The highest BCUT2D eigenvalue weighted by Crippen LogP contribution is 2.33. The Bertz CT molecular complexity index is 956. The maximum atomic E-state index is 14.0. The Morgan fingerprint density at radius 1 is 1.19 bits per heavy atom. The van der Waals surface area contributed by atoms with E-state index in [1.165, 1.54) is 31.4 Å². The lowest BCUT2D eigenvalue weighted by Crippen LogP contribution is -2.33.